The van der Waals surface area contributed by atoms with Gasteiger partial charge in [-0.2, -0.15) is 8.42 Å². The Balaban J connectivity index is 2.99. The van der Waals surface area contributed by atoms with E-state index in [1.807, 2.05) is 0 Å². The quantitative estimate of drug-likeness (QED) is 0.676. The number of rotatable bonds is 3. The van der Waals surface area contributed by atoms with Crippen molar-refractivity contribution in [1.29, 1.82) is 0 Å². The molecule has 1 radical (unpaired) electrons. The van der Waals surface area contributed by atoms with Crippen molar-refractivity contribution in [3.8, 4) is 0 Å². The molecule has 0 fully saturated rings. The fourth-order valence-corrected chi connectivity index (χ4v) is 1.39. The minimum atomic E-state index is -3.94. The summed E-state index contributed by atoms with van der Waals surface area (Å²) in [6.07, 6.45) is 0. The average Bonchev–Trinajstić information content (AvgIpc) is 2.06. The lowest BCUT2D eigenvalue weighted by molar-refractivity contribution is 0.289. The number of halogens is 1. The largest absolute Gasteiger partial charge is 0.299 e. The first-order valence-corrected chi connectivity index (χ1v) is 4.48. The minimum absolute atomic E-state index is 0.0705. The van der Waals surface area contributed by atoms with Crippen molar-refractivity contribution in [3.05, 3.63) is 37.2 Å². The molecule has 65 valence electrons. The van der Waals surface area contributed by atoms with Crippen molar-refractivity contribution in [2.24, 2.45) is 0 Å². The standard InChI is InChI=1S/C7H6FO3S/c8-6-11-12(9,10)7-4-2-1-3-5-7/h1-6H. The summed E-state index contributed by atoms with van der Waals surface area (Å²) < 4.78 is 37.1. The number of benzene rings is 1. The van der Waals surface area contributed by atoms with E-state index in [2.05, 4.69) is 4.18 Å². The normalized spacial score (nSPS) is 11.4. The van der Waals surface area contributed by atoms with Gasteiger partial charge in [-0.1, -0.05) is 18.2 Å². The maximum atomic E-state index is 11.4. The van der Waals surface area contributed by atoms with Gasteiger partial charge in [-0.05, 0) is 12.1 Å². The zero-order valence-corrected chi connectivity index (χ0v) is 6.79. The van der Waals surface area contributed by atoms with Crippen molar-refractivity contribution < 1.29 is 17.0 Å². The molecule has 0 atom stereocenters. The highest BCUT2D eigenvalue weighted by atomic mass is 32.2. The van der Waals surface area contributed by atoms with Gasteiger partial charge in [0.05, 0.1) is 4.90 Å². The zero-order chi connectivity index (χ0) is 9.03. The van der Waals surface area contributed by atoms with E-state index in [1.54, 1.807) is 6.07 Å². The summed E-state index contributed by atoms with van der Waals surface area (Å²) in [6, 6.07) is 7.33. The fourth-order valence-electron chi connectivity index (χ4n) is 0.691. The summed E-state index contributed by atoms with van der Waals surface area (Å²) in [5.74, 6) is 0. The highest BCUT2D eigenvalue weighted by Crippen LogP contribution is 2.11. The van der Waals surface area contributed by atoms with Crippen molar-refractivity contribution in [2.75, 3.05) is 0 Å². The Morgan fingerprint density at radius 1 is 1.25 bits per heavy atom. The van der Waals surface area contributed by atoms with E-state index < -0.39 is 10.1 Å². The maximum Gasteiger partial charge on any atom is 0.299 e. The van der Waals surface area contributed by atoms with E-state index in [0.717, 1.165) is 0 Å². The second kappa shape index (κ2) is 3.64. The van der Waals surface area contributed by atoms with Crippen LogP contribution in [0.3, 0.4) is 0 Å². The van der Waals surface area contributed by atoms with Gasteiger partial charge in [0.1, 0.15) is 0 Å². The van der Waals surface area contributed by atoms with Crippen LogP contribution in [0.1, 0.15) is 0 Å². The first-order chi connectivity index (χ1) is 5.67. The van der Waals surface area contributed by atoms with E-state index in [4.69, 9.17) is 0 Å². The Morgan fingerprint density at radius 2 is 1.83 bits per heavy atom. The third kappa shape index (κ3) is 2.02. The van der Waals surface area contributed by atoms with Gasteiger partial charge in [0.15, 0.2) is 0 Å². The molecule has 1 rings (SSSR count). The van der Waals surface area contributed by atoms with Gasteiger partial charge in [-0.15, -0.1) is 0 Å². The Kier molecular flexibility index (Phi) is 2.78. The predicted octanol–water partition coefficient (Wildman–Crippen LogP) is 1.48. The second-order valence-electron chi connectivity index (χ2n) is 1.95. The van der Waals surface area contributed by atoms with Crippen LogP contribution in [0.5, 0.6) is 0 Å². The Labute approximate surface area is 69.9 Å². The molecule has 0 aliphatic rings. The van der Waals surface area contributed by atoms with Crippen molar-refractivity contribution in [2.45, 2.75) is 4.90 Å². The van der Waals surface area contributed by atoms with Crippen molar-refractivity contribution >= 4 is 10.1 Å². The van der Waals surface area contributed by atoms with Crippen LogP contribution in [0.4, 0.5) is 4.39 Å². The molecule has 0 saturated carbocycles. The zero-order valence-electron chi connectivity index (χ0n) is 5.98. The first kappa shape index (κ1) is 9.15. The van der Waals surface area contributed by atoms with Gasteiger partial charge in [0.2, 0.25) is 0 Å². The molecular formula is C7H6FO3S. The van der Waals surface area contributed by atoms with Gasteiger partial charge in [-0.3, -0.25) is 0 Å². The van der Waals surface area contributed by atoms with Crippen molar-refractivity contribution in [1.82, 2.24) is 0 Å². The summed E-state index contributed by atoms with van der Waals surface area (Å²) in [6.45, 7) is -0.359. The van der Waals surface area contributed by atoms with Crippen LogP contribution in [0, 0.1) is 6.86 Å². The van der Waals surface area contributed by atoms with E-state index in [1.165, 1.54) is 24.3 Å². The SMILES string of the molecule is O=S(=O)(O[CH]F)c1ccccc1. The van der Waals surface area contributed by atoms with E-state index in [0.29, 0.717) is 0 Å². The Bertz CT molecular complexity index is 333. The van der Waals surface area contributed by atoms with Gasteiger partial charge in [0.25, 0.3) is 17.0 Å². The van der Waals surface area contributed by atoms with Gasteiger partial charge in [-0.25, -0.2) is 8.57 Å². The molecule has 0 unspecified atom stereocenters. The van der Waals surface area contributed by atoms with Crippen LogP contribution < -0.4 is 0 Å². The summed E-state index contributed by atoms with van der Waals surface area (Å²) >= 11 is 0. The Morgan fingerprint density at radius 3 is 2.33 bits per heavy atom. The molecule has 0 aliphatic heterocycles. The molecule has 0 bridgehead atoms. The molecule has 0 aromatic heterocycles. The molecule has 3 nitrogen and oxygen atoms in total. The first-order valence-electron chi connectivity index (χ1n) is 3.07. The molecular weight excluding hydrogens is 183 g/mol. The highest BCUT2D eigenvalue weighted by Gasteiger charge is 2.13. The summed E-state index contributed by atoms with van der Waals surface area (Å²) in [5, 5.41) is 0. The van der Waals surface area contributed by atoms with Gasteiger partial charge < -0.3 is 0 Å². The van der Waals surface area contributed by atoms with Crippen LogP contribution in [-0.4, -0.2) is 8.42 Å². The predicted molar refractivity (Wildman–Crippen MR) is 40.1 cm³/mol. The molecule has 1 aromatic carbocycles. The topological polar surface area (TPSA) is 43.4 Å². The summed E-state index contributed by atoms with van der Waals surface area (Å²) in [5.41, 5.74) is 0. The monoisotopic (exact) mass is 189 g/mol. The third-order valence-corrected chi connectivity index (χ3v) is 2.37. The maximum absolute atomic E-state index is 11.4. The highest BCUT2D eigenvalue weighted by molar-refractivity contribution is 7.86. The molecule has 5 heteroatoms. The van der Waals surface area contributed by atoms with Crippen molar-refractivity contribution in [3.63, 3.8) is 0 Å². The van der Waals surface area contributed by atoms with Crippen LogP contribution in [0.2, 0.25) is 0 Å². The van der Waals surface area contributed by atoms with E-state index in [9.17, 15) is 12.8 Å². The molecule has 1 aromatic rings. The van der Waals surface area contributed by atoms with Gasteiger partial charge in [0, 0.05) is 0 Å². The van der Waals surface area contributed by atoms with Crippen LogP contribution in [-0.2, 0) is 14.3 Å². The van der Waals surface area contributed by atoms with Crippen LogP contribution in [0.25, 0.3) is 0 Å². The lowest BCUT2D eigenvalue weighted by Gasteiger charge is -1.99. The minimum Gasteiger partial charge on any atom is -0.223 e. The molecule has 12 heavy (non-hydrogen) atoms. The molecule has 0 heterocycles. The third-order valence-electron chi connectivity index (χ3n) is 1.19. The number of hydrogen-bond acceptors (Lipinski definition) is 3. The smallest absolute Gasteiger partial charge is 0.223 e. The number of hydrogen-bond donors (Lipinski definition) is 0. The van der Waals surface area contributed by atoms with Crippen LogP contribution >= 0.6 is 0 Å². The summed E-state index contributed by atoms with van der Waals surface area (Å²) in [4.78, 5) is -0.0705. The van der Waals surface area contributed by atoms with E-state index in [-0.39, 0.29) is 11.8 Å². The second-order valence-corrected chi connectivity index (χ2v) is 3.52. The lowest BCUT2D eigenvalue weighted by atomic mass is 10.4. The molecule has 0 spiro atoms. The fraction of sp³-hybridized carbons (Fsp3) is 0. The average molecular weight is 189 g/mol. The lowest BCUT2D eigenvalue weighted by Crippen LogP contribution is -2.02. The molecule has 0 N–H and O–H groups in total. The van der Waals surface area contributed by atoms with Gasteiger partial charge >= 0.3 is 0 Å². The summed E-state index contributed by atoms with van der Waals surface area (Å²) in [7, 11) is -3.94. The Hall–Kier alpha value is -0.940. The molecule has 0 saturated heterocycles. The van der Waals surface area contributed by atoms with E-state index >= 15 is 0 Å². The van der Waals surface area contributed by atoms with Crippen LogP contribution in [0.15, 0.2) is 35.2 Å². The molecule has 0 aliphatic carbocycles. The molecule has 0 amide bonds.